The zero-order valence-corrected chi connectivity index (χ0v) is 15.1. The average molecular weight is 355 g/mol. The number of benzene rings is 1. The van der Waals surface area contributed by atoms with Crippen molar-refractivity contribution in [3.8, 4) is 6.07 Å². The molecule has 1 aromatic heterocycles. The van der Waals surface area contributed by atoms with Gasteiger partial charge in [-0.2, -0.15) is 5.26 Å². The number of aromatic nitrogens is 3. The van der Waals surface area contributed by atoms with Gasteiger partial charge in [0.2, 0.25) is 5.91 Å². The lowest BCUT2D eigenvalue weighted by Crippen LogP contribution is -2.17. The van der Waals surface area contributed by atoms with Gasteiger partial charge in [0, 0.05) is 6.04 Å². The number of aryl methyl sites for hydroxylation is 1. The van der Waals surface area contributed by atoms with Crippen LogP contribution in [0.2, 0.25) is 0 Å². The molecule has 2 aromatic rings. The molecule has 1 aromatic carbocycles. The first-order valence-corrected chi connectivity index (χ1v) is 9.51. The molecule has 7 heteroatoms. The summed E-state index contributed by atoms with van der Waals surface area (Å²) in [4.78, 5) is 12.2. The number of carbonyl (C=O) groups excluding carboxylic acids is 1. The number of anilines is 1. The first-order valence-electron chi connectivity index (χ1n) is 8.52. The van der Waals surface area contributed by atoms with E-state index in [4.69, 9.17) is 5.26 Å². The largest absolute Gasteiger partial charge is 0.324 e. The summed E-state index contributed by atoms with van der Waals surface area (Å²) < 4.78 is 2.18. The fraction of sp³-hybridized carbons (Fsp3) is 0.444. The Labute approximate surface area is 151 Å². The summed E-state index contributed by atoms with van der Waals surface area (Å²) in [6.45, 7) is 1.97. The molecule has 0 bridgehead atoms. The average Bonchev–Trinajstić information content (AvgIpc) is 3.02. The third kappa shape index (κ3) is 4.20. The monoisotopic (exact) mass is 355 g/mol. The van der Waals surface area contributed by atoms with E-state index in [0.717, 1.165) is 23.8 Å². The van der Waals surface area contributed by atoms with E-state index in [-0.39, 0.29) is 11.7 Å². The van der Waals surface area contributed by atoms with Gasteiger partial charge in [-0.25, -0.2) is 0 Å². The van der Waals surface area contributed by atoms with E-state index in [1.807, 2.05) is 6.92 Å². The highest BCUT2D eigenvalue weighted by Crippen LogP contribution is 2.32. The zero-order chi connectivity index (χ0) is 17.6. The van der Waals surface area contributed by atoms with E-state index < -0.39 is 0 Å². The van der Waals surface area contributed by atoms with Gasteiger partial charge in [0.15, 0.2) is 5.16 Å². The first-order chi connectivity index (χ1) is 12.2. The second-order valence-electron chi connectivity index (χ2n) is 6.19. The Bertz CT molecular complexity index is 789. The van der Waals surface area contributed by atoms with Gasteiger partial charge in [0.25, 0.3) is 0 Å². The van der Waals surface area contributed by atoms with Crippen LogP contribution in [0.3, 0.4) is 0 Å². The number of carbonyl (C=O) groups is 1. The molecule has 1 N–H and O–H groups in total. The number of nitriles is 1. The number of hydrogen-bond donors (Lipinski definition) is 1. The predicted molar refractivity (Wildman–Crippen MR) is 97.4 cm³/mol. The minimum Gasteiger partial charge on any atom is -0.324 e. The standard InChI is InChI=1S/C18H21N5OS/c1-13-21-22-18(23(13)15-8-3-2-4-9-15)25-12-17(24)20-16-10-6-5-7-14(16)11-19/h5-7,10,15H,2-4,8-9,12H2,1H3,(H,20,24). The molecule has 0 saturated heterocycles. The second-order valence-corrected chi connectivity index (χ2v) is 7.13. The smallest absolute Gasteiger partial charge is 0.234 e. The van der Waals surface area contributed by atoms with Gasteiger partial charge < -0.3 is 9.88 Å². The summed E-state index contributed by atoms with van der Waals surface area (Å²) in [5.74, 6) is 0.998. The van der Waals surface area contributed by atoms with E-state index in [2.05, 4.69) is 26.2 Å². The number of nitrogens with one attached hydrogen (secondary N) is 1. The summed E-state index contributed by atoms with van der Waals surface area (Å²) in [6.07, 6.45) is 6.05. The number of thioether (sulfide) groups is 1. The van der Waals surface area contributed by atoms with Crippen LogP contribution in [0.25, 0.3) is 0 Å². The molecule has 1 saturated carbocycles. The molecule has 3 rings (SSSR count). The van der Waals surface area contributed by atoms with Gasteiger partial charge in [0.05, 0.1) is 17.0 Å². The summed E-state index contributed by atoms with van der Waals surface area (Å²) >= 11 is 1.40. The Morgan fingerprint density at radius 2 is 2.08 bits per heavy atom. The lowest BCUT2D eigenvalue weighted by molar-refractivity contribution is -0.113. The normalized spacial score (nSPS) is 14.9. The molecule has 0 atom stereocenters. The molecule has 0 aliphatic heterocycles. The number of rotatable bonds is 5. The highest BCUT2D eigenvalue weighted by Gasteiger charge is 2.21. The highest BCUT2D eigenvalue weighted by molar-refractivity contribution is 7.99. The number of nitrogens with zero attached hydrogens (tertiary/aromatic N) is 4. The van der Waals surface area contributed by atoms with Crippen LogP contribution in [-0.4, -0.2) is 26.4 Å². The SMILES string of the molecule is Cc1nnc(SCC(=O)Nc2ccccc2C#N)n1C1CCCCC1. The summed E-state index contributed by atoms with van der Waals surface area (Å²) in [6, 6.07) is 9.51. The summed E-state index contributed by atoms with van der Waals surface area (Å²) in [7, 11) is 0. The predicted octanol–water partition coefficient (Wildman–Crippen LogP) is 3.69. The van der Waals surface area contributed by atoms with E-state index in [0.29, 0.717) is 17.3 Å². The van der Waals surface area contributed by atoms with Crippen molar-refractivity contribution in [3.63, 3.8) is 0 Å². The Morgan fingerprint density at radius 3 is 2.84 bits per heavy atom. The van der Waals surface area contributed by atoms with E-state index in [9.17, 15) is 4.79 Å². The minimum absolute atomic E-state index is 0.149. The maximum Gasteiger partial charge on any atom is 0.234 e. The van der Waals surface area contributed by atoms with Crippen LogP contribution in [0, 0.1) is 18.3 Å². The van der Waals surface area contributed by atoms with Gasteiger partial charge in [0.1, 0.15) is 11.9 Å². The van der Waals surface area contributed by atoms with Crippen molar-refractivity contribution >= 4 is 23.4 Å². The Hall–Kier alpha value is -2.33. The van der Waals surface area contributed by atoms with Crippen LogP contribution >= 0.6 is 11.8 Å². The van der Waals surface area contributed by atoms with E-state index >= 15 is 0 Å². The Balaban J connectivity index is 1.64. The second kappa shape index (κ2) is 8.17. The molecule has 1 amide bonds. The lowest BCUT2D eigenvalue weighted by atomic mass is 9.95. The van der Waals surface area contributed by atoms with Gasteiger partial charge in [-0.05, 0) is 31.9 Å². The topological polar surface area (TPSA) is 83.6 Å². The van der Waals surface area contributed by atoms with Crippen LogP contribution in [0.1, 0.15) is 49.5 Å². The molecular weight excluding hydrogens is 334 g/mol. The molecular formula is C18H21N5OS. The molecule has 1 aliphatic rings. The molecule has 25 heavy (non-hydrogen) atoms. The van der Waals surface area contributed by atoms with Crippen molar-refractivity contribution in [2.75, 3.05) is 11.1 Å². The molecule has 1 aliphatic carbocycles. The van der Waals surface area contributed by atoms with Crippen molar-refractivity contribution in [1.29, 1.82) is 5.26 Å². The molecule has 1 fully saturated rings. The molecule has 6 nitrogen and oxygen atoms in total. The van der Waals surface area contributed by atoms with Crippen molar-refractivity contribution in [1.82, 2.24) is 14.8 Å². The molecule has 0 radical (unpaired) electrons. The number of para-hydroxylation sites is 1. The van der Waals surface area contributed by atoms with Gasteiger partial charge in [-0.3, -0.25) is 4.79 Å². The van der Waals surface area contributed by atoms with Crippen molar-refractivity contribution < 1.29 is 4.79 Å². The maximum absolute atomic E-state index is 12.2. The fourth-order valence-electron chi connectivity index (χ4n) is 3.21. The van der Waals surface area contributed by atoms with Crippen molar-refractivity contribution in [2.24, 2.45) is 0 Å². The fourth-order valence-corrected chi connectivity index (χ4v) is 4.07. The molecule has 130 valence electrons. The number of amides is 1. The van der Waals surface area contributed by atoms with Gasteiger partial charge in [-0.1, -0.05) is 43.2 Å². The van der Waals surface area contributed by atoms with Gasteiger partial charge in [-0.15, -0.1) is 10.2 Å². The third-order valence-electron chi connectivity index (χ3n) is 4.43. The molecule has 1 heterocycles. The van der Waals surface area contributed by atoms with Crippen LogP contribution in [0.5, 0.6) is 0 Å². The van der Waals surface area contributed by atoms with E-state index in [1.54, 1.807) is 24.3 Å². The van der Waals surface area contributed by atoms with Crippen molar-refractivity contribution in [2.45, 2.75) is 50.2 Å². The Morgan fingerprint density at radius 1 is 1.32 bits per heavy atom. The van der Waals surface area contributed by atoms with Crippen LogP contribution in [0.15, 0.2) is 29.4 Å². The molecule has 0 unspecified atom stereocenters. The zero-order valence-electron chi connectivity index (χ0n) is 14.2. The van der Waals surface area contributed by atoms with Crippen LogP contribution in [-0.2, 0) is 4.79 Å². The minimum atomic E-state index is -0.149. The van der Waals surface area contributed by atoms with Crippen LogP contribution in [0.4, 0.5) is 5.69 Å². The third-order valence-corrected chi connectivity index (χ3v) is 5.37. The maximum atomic E-state index is 12.2. The summed E-state index contributed by atoms with van der Waals surface area (Å²) in [5, 5.41) is 21.1. The first kappa shape index (κ1) is 17.5. The quantitative estimate of drug-likeness (QED) is 0.827. The highest BCUT2D eigenvalue weighted by atomic mass is 32.2. The van der Waals surface area contributed by atoms with Crippen LogP contribution < -0.4 is 5.32 Å². The Kier molecular flexibility index (Phi) is 5.71. The summed E-state index contributed by atoms with van der Waals surface area (Å²) in [5.41, 5.74) is 1.00. The van der Waals surface area contributed by atoms with Crippen molar-refractivity contribution in [3.05, 3.63) is 35.7 Å². The number of hydrogen-bond acceptors (Lipinski definition) is 5. The van der Waals surface area contributed by atoms with E-state index in [1.165, 1.54) is 31.0 Å². The molecule has 0 spiro atoms. The van der Waals surface area contributed by atoms with Gasteiger partial charge >= 0.3 is 0 Å². The lowest BCUT2D eigenvalue weighted by Gasteiger charge is -2.24.